The Morgan fingerprint density at radius 2 is 1.89 bits per heavy atom. The molecule has 136 valence electrons. The van der Waals surface area contributed by atoms with Crippen molar-refractivity contribution in [3.8, 4) is 6.07 Å². The molecule has 0 bridgehead atoms. The van der Waals surface area contributed by atoms with E-state index in [1.54, 1.807) is 6.08 Å². The van der Waals surface area contributed by atoms with Crippen LogP contribution in [-0.2, 0) is 9.53 Å². The second-order valence-electron chi connectivity index (χ2n) is 5.72. The number of hydrogen-bond donors (Lipinski definition) is 0. The predicted octanol–water partition coefficient (Wildman–Crippen LogP) is 4.40. The Hall–Kier alpha value is -3.72. The van der Waals surface area contributed by atoms with Gasteiger partial charge in [-0.2, -0.15) is 5.26 Å². The highest BCUT2D eigenvalue weighted by Crippen LogP contribution is 2.28. The summed E-state index contributed by atoms with van der Waals surface area (Å²) in [4.78, 5) is 22.8. The van der Waals surface area contributed by atoms with Crippen LogP contribution in [-0.4, -0.2) is 17.5 Å². The number of hydrogen-bond acceptors (Lipinski definition) is 5. The Bertz CT molecular complexity index is 881. The highest BCUT2D eigenvalue weighted by Gasteiger charge is 2.24. The Kier molecular flexibility index (Phi) is 7.03. The lowest BCUT2D eigenvalue weighted by atomic mass is 9.91. The Balaban J connectivity index is 2.32. The van der Waals surface area contributed by atoms with E-state index >= 15 is 0 Å². The molecule has 0 heterocycles. The molecule has 0 aliphatic rings. The summed E-state index contributed by atoms with van der Waals surface area (Å²) in [5.74, 6) is -1.27. The number of nitriles is 1. The number of nitro benzene ring substituents is 1. The van der Waals surface area contributed by atoms with Crippen LogP contribution in [0, 0.1) is 21.4 Å². The number of benzene rings is 2. The molecule has 6 nitrogen and oxygen atoms in total. The molecule has 2 rings (SSSR count). The van der Waals surface area contributed by atoms with Crippen LogP contribution in [0.15, 0.2) is 72.8 Å². The smallest absolute Gasteiger partial charge is 0.314 e. The number of esters is 1. The normalized spacial score (nSPS) is 11.9. The van der Waals surface area contributed by atoms with Crippen molar-refractivity contribution >= 4 is 17.7 Å². The summed E-state index contributed by atoms with van der Waals surface area (Å²) in [6.45, 7) is 3.56. The second-order valence-corrected chi connectivity index (χ2v) is 5.72. The molecule has 2 aromatic carbocycles. The van der Waals surface area contributed by atoms with Gasteiger partial charge in [0, 0.05) is 17.7 Å². The van der Waals surface area contributed by atoms with Crippen LogP contribution in [0.2, 0.25) is 0 Å². The van der Waals surface area contributed by atoms with Crippen LogP contribution in [0.3, 0.4) is 0 Å². The molecule has 0 aliphatic heterocycles. The number of carbonyl (C=O) groups is 1. The lowest BCUT2D eigenvalue weighted by Crippen LogP contribution is -2.17. The quantitative estimate of drug-likeness (QED) is 0.228. The van der Waals surface area contributed by atoms with Gasteiger partial charge in [-0.05, 0) is 23.6 Å². The average molecular weight is 362 g/mol. The van der Waals surface area contributed by atoms with Gasteiger partial charge in [-0.15, -0.1) is 0 Å². The summed E-state index contributed by atoms with van der Waals surface area (Å²) in [6, 6.07) is 17.1. The molecule has 0 spiro atoms. The van der Waals surface area contributed by atoms with Gasteiger partial charge in [0.25, 0.3) is 5.69 Å². The summed E-state index contributed by atoms with van der Waals surface area (Å²) in [7, 11) is 0. The summed E-state index contributed by atoms with van der Waals surface area (Å²) < 4.78 is 5.15. The third kappa shape index (κ3) is 5.65. The van der Waals surface area contributed by atoms with Crippen molar-refractivity contribution in [2.24, 2.45) is 0 Å². The molecular weight excluding hydrogens is 344 g/mol. The van der Waals surface area contributed by atoms with Gasteiger partial charge in [-0.1, -0.05) is 55.1 Å². The van der Waals surface area contributed by atoms with Gasteiger partial charge >= 0.3 is 5.97 Å². The standard InChI is InChI=1S/C21H18N2O4/c1-2-12-27-21(24)20(18-8-10-19(11-9-18)23(25)26)14-17(15-22)13-16-6-4-3-5-7-16/h2-11,13,20H,1,12,14H2/b17-13+. The first-order valence-corrected chi connectivity index (χ1v) is 8.22. The van der Waals surface area contributed by atoms with Crippen LogP contribution in [0.4, 0.5) is 5.69 Å². The maximum Gasteiger partial charge on any atom is 0.314 e. The van der Waals surface area contributed by atoms with Crippen LogP contribution < -0.4 is 0 Å². The monoisotopic (exact) mass is 362 g/mol. The van der Waals surface area contributed by atoms with Crippen molar-refractivity contribution in [3.05, 3.63) is 94.1 Å². The summed E-state index contributed by atoms with van der Waals surface area (Å²) in [6.07, 6.45) is 3.29. The lowest BCUT2D eigenvalue weighted by Gasteiger charge is -2.15. The number of non-ortho nitro benzene ring substituents is 1. The first-order valence-electron chi connectivity index (χ1n) is 8.22. The largest absolute Gasteiger partial charge is 0.461 e. The van der Waals surface area contributed by atoms with Gasteiger partial charge < -0.3 is 4.74 Å². The molecule has 0 amide bonds. The van der Waals surface area contributed by atoms with E-state index in [1.807, 2.05) is 30.3 Å². The number of rotatable bonds is 8. The first kappa shape index (κ1) is 19.6. The first-order chi connectivity index (χ1) is 13.0. The summed E-state index contributed by atoms with van der Waals surface area (Å²) in [5, 5.41) is 20.3. The molecule has 0 saturated heterocycles. The molecule has 2 aromatic rings. The molecule has 0 aliphatic carbocycles. The van der Waals surface area contributed by atoms with E-state index in [1.165, 1.54) is 30.3 Å². The Labute approximate surface area is 157 Å². The van der Waals surface area contributed by atoms with Crippen molar-refractivity contribution in [3.63, 3.8) is 0 Å². The molecule has 1 atom stereocenters. The van der Waals surface area contributed by atoms with Gasteiger partial charge in [0.1, 0.15) is 6.61 Å². The highest BCUT2D eigenvalue weighted by molar-refractivity contribution is 5.79. The predicted molar refractivity (Wildman–Crippen MR) is 102 cm³/mol. The SMILES string of the molecule is C=CCOC(=O)C(C/C(C#N)=C\c1ccccc1)c1ccc([N+](=O)[O-])cc1. The molecular formula is C21H18N2O4. The summed E-state index contributed by atoms with van der Waals surface area (Å²) in [5.41, 5.74) is 1.72. The number of nitro groups is 1. The van der Waals surface area contributed by atoms with E-state index in [4.69, 9.17) is 4.74 Å². The molecule has 1 unspecified atom stereocenters. The van der Waals surface area contributed by atoms with E-state index in [0.717, 1.165) is 5.56 Å². The van der Waals surface area contributed by atoms with Gasteiger partial charge in [-0.3, -0.25) is 14.9 Å². The van der Waals surface area contributed by atoms with E-state index < -0.39 is 16.8 Å². The fourth-order valence-electron chi connectivity index (χ4n) is 2.51. The minimum absolute atomic E-state index is 0.0482. The van der Waals surface area contributed by atoms with Gasteiger partial charge in [-0.25, -0.2) is 0 Å². The van der Waals surface area contributed by atoms with Crippen molar-refractivity contribution < 1.29 is 14.5 Å². The van der Waals surface area contributed by atoms with Crippen molar-refractivity contribution in [1.82, 2.24) is 0 Å². The third-order valence-electron chi connectivity index (χ3n) is 3.84. The van der Waals surface area contributed by atoms with Crippen molar-refractivity contribution in [2.75, 3.05) is 6.61 Å². The zero-order valence-corrected chi connectivity index (χ0v) is 14.6. The number of nitrogens with zero attached hydrogens (tertiary/aromatic N) is 2. The number of carbonyl (C=O) groups excluding carboxylic acids is 1. The van der Waals surface area contributed by atoms with E-state index in [-0.39, 0.29) is 18.7 Å². The van der Waals surface area contributed by atoms with Crippen molar-refractivity contribution in [2.45, 2.75) is 12.3 Å². The van der Waals surface area contributed by atoms with E-state index in [9.17, 15) is 20.2 Å². The van der Waals surface area contributed by atoms with Crippen molar-refractivity contribution in [1.29, 1.82) is 5.26 Å². The topological polar surface area (TPSA) is 93.2 Å². The van der Waals surface area contributed by atoms with Gasteiger partial charge in [0.2, 0.25) is 0 Å². The Morgan fingerprint density at radius 1 is 1.22 bits per heavy atom. The van der Waals surface area contributed by atoms with Gasteiger partial charge in [0.15, 0.2) is 0 Å². The Morgan fingerprint density at radius 3 is 2.44 bits per heavy atom. The lowest BCUT2D eigenvalue weighted by molar-refractivity contribution is -0.384. The highest BCUT2D eigenvalue weighted by atomic mass is 16.6. The average Bonchev–Trinajstić information content (AvgIpc) is 2.70. The maximum atomic E-state index is 12.5. The van der Waals surface area contributed by atoms with E-state index in [2.05, 4.69) is 12.6 Å². The molecule has 0 fully saturated rings. The maximum absolute atomic E-state index is 12.5. The van der Waals surface area contributed by atoms with Crippen LogP contribution in [0.25, 0.3) is 6.08 Å². The van der Waals surface area contributed by atoms with Gasteiger partial charge in [0.05, 0.1) is 16.9 Å². The number of allylic oxidation sites excluding steroid dienone is 1. The zero-order valence-electron chi connectivity index (χ0n) is 14.6. The molecule has 0 N–H and O–H groups in total. The minimum atomic E-state index is -0.750. The zero-order chi connectivity index (χ0) is 19.6. The molecule has 0 aromatic heterocycles. The third-order valence-corrected chi connectivity index (χ3v) is 3.84. The minimum Gasteiger partial charge on any atom is -0.461 e. The molecule has 6 heteroatoms. The molecule has 27 heavy (non-hydrogen) atoms. The fourth-order valence-corrected chi connectivity index (χ4v) is 2.51. The van der Waals surface area contributed by atoms with Crippen LogP contribution in [0.1, 0.15) is 23.5 Å². The molecule has 0 saturated carbocycles. The number of ether oxygens (including phenoxy) is 1. The second kappa shape index (κ2) is 9.68. The summed E-state index contributed by atoms with van der Waals surface area (Å²) >= 11 is 0. The fraction of sp³-hybridized carbons (Fsp3) is 0.143. The molecule has 0 radical (unpaired) electrons. The van der Waals surface area contributed by atoms with E-state index in [0.29, 0.717) is 11.1 Å². The van der Waals surface area contributed by atoms with Crippen LogP contribution in [0.5, 0.6) is 0 Å². The van der Waals surface area contributed by atoms with Crippen LogP contribution >= 0.6 is 0 Å².